The number of hydrogen-bond acceptors (Lipinski definition) is 6. The van der Waals surface area contributed by atoms with Gasteiger partial charge in [-0.2, -0.15) is 0 Å². The molecule has 2 aliphatic rings. The number of nitrogens with zero attached hydrogens (tertiary/aromatic N) is 6. The molecule has 0 amide bonds. The minimum Gasteiger partial charge on any atom is -0.321 e. The summed E-state index contributed by atoms with van der Waals surface area (Å²) >= 11 is 0. The number of nitrogens with two attached hydrogens (primary N) is 1. The maximum absolute atomic E-state index is 6.60. The fourth-order valence-electron chi connectivity index (χ4n) is 6.19. The Kier molecular flexibility index (Phi) is 5.95. The van der Waals surface area contributed by atoms with Gasteiger partial charge in [0.05, 0.1) is 17.8 Å². The maximum Gasteiger partial charge on any atom is 0.170 e. The molecule has 5 aromatic rings. The lowest BCUT2D eigenvalue weighted by molar-refractivity contribution is 0.253. The highest BCUT2D eigenvalue weighted by Crippen LogP contribution is 2.40. The molecular weight excluding hydrogens is 482 g/mol. The zero-order chi connectivity index (χ0) is 26.6. The number of pyridine rings is 2. The second kappa shape index (κ2) is 9.52. The molecule has 2 N–H and O–H groups in total. The fraction of sp³-hybridized carbons (Fsp3) is 0.344. The van der Waals surface area contributed by atoms with Crippen molar-refractivity contribution < 1.29 is 0 Å². The number of likely N-dealkylation sites (tertiary alicyclic amines) is 1. The molecule has 7 nitrogen and oxygen atoms in total. The second-order valence-corrected chi connectivity index (χ2v) is 11.5. The molecule has 4 heterocycles. The zero-order valence-electron chi connectivity index (χ0n) is 22.7. The normalized spacial score (nSPS) is 19.2. The van der Waals surface area contributed by atoms with E-state index < -0.39 is 0 Å². The Morgan fingerprint density at radius 3 is 2.46 bits per heavy atom. The summed E-state index contributed by atoms with van der Waals surface area (Å²) in [6, 6.07) is 24.1. The van der Waals surface area contributed by atoms with Crippen LogP contribution in [-0.2, 0) is 12.1 Å². The average Bonchev–Trinajstić information content (AvgIpc) is 3.59. The molecule has 0 radical (unpaired) electrons. The molecule has 7 heteroatoms. The molecule has 7 rings (SSSR count). The van der Waals surface area contributed by atoms with Crippen LogP contribution in [0.1, 0.15) is 37.1 Å². The van der Waals surface area contributed by atoms with Crippen LogP contribution in [0.5, 0.6) is 0 Å². The highest BCUT2D eigenvalue weighted by atomic mass is 15.3. The minimum atomic E-state index is -0.170. The van der Waals surface area contributed by atoms with Crippen molar-refractivity contribution in [1.82, 2.24) is 29.4 Å². The minimum absolute atomic E-state index is 0.170. The number of rotatable bonds is 6. The van der Waals surface area contributed by atoms with Crippen LogP contribution in [0, 0.1) is 0 Å². The molecule has 198 valence electrons. The lowest BCUT2D eigenvalue weighted by Gasteiger charge is -2.38. The lowest BCUT2D eigenvalue weighted by Crippen LogP contribution is -2.43. The van der Waals surface area contributed by atoms with Gasteiger partial charge in [0, 0.05) is 47.4 Å². The first-order valence-electron chi connectivity index (χ1n) is 14.0. The van der Waals surface area contributed by atoms with Gasteiger partial charge in [-0.15, -0.1) is 10.2 Å². The lowest BCUT2D eigenvalue weighted by atomic mass is 9.72. The zero-order valence-corrected chi connectivity index (χ0v) is 22.7. The molecule has 0 unspecified atom stereocenters. The van der Waals surface area contributed by atoms with Crippen molar-refractivity contribution in [3.63, 3.8) is 0 Å². The summed E-state index contributed by atoms with van der Waals surface area (Å²) in [5.41, 5.74) is 13.7. The highest BCUT2D eigenvalue weighted by Gasteiger charge is 2.34. The topological polar surface area (TPSA) is 75.6 Å². The largest absolute Gasteiger partial charge is 0.321 e. The van der Waals surface area contributed by atoms with Gasteiger partial charge in [-0.3, -0.25) is 9.30 Å². The Bertz CT molecular complexity index is 1630. The monoisotopic (exact) mass is 517 g/mol. The third-order valence-electron chi connectivity index (χ3n) is 8.85. The molecule has 0 spiro atoms. The summed E-state index contributed by atoms with van der Waals surface area (Å²) in [6.45, 7) is 2.93. The predicted octanol–water partition coefficient (Wildman–Crippen LogP) is 5.09. The predicted molar refractivity (Wildman–Crippen MR) is 156 cm³/mol. The standard InChI is InChI=1S/C32H35N7/c1-37(2)25-13-17-38(20-25)21-29-35-36-31-27-19-26(22-7-4-3-5-8-22)30(34-28(27)14-18-39(29)31)23-9-11-24(12-10-23)32(33)15-6-16-32/h3-5,7-12,14,18-19,25H,6,13,15-17,20-21,33H2,1-2H3/t25-/m1/s1. The van der Waals surface area contributed by atoms with Crippen LogP contribution in [0.4, 0.5) is 0 Å². The molecule has 2 fully saturated rings. The molecule has 1 atom stereocenters. The van der Waals surface area contributed by atoms with E-state index in [1.54, 1.807) is 0 Å². The van der Waals surface area contributed by atoms with Crippen molar-refractivity contribution in [2.75, 3.05) is 27.2 Å². The molecular formula is C32H35N7. The molecule has 3 aromatic heterocycles. The van der Waals surface area contributed by atoms with Gasteiger partial charge >= 0.3 is 0 Å². The Morgan fingerprint density at radius 1 is 0.974 bits per heavy atom. The van der Waals surface area contributed by atoms with Crippen molar-refractivity contribution >= 4 is 16.6 Å². The Labute approximate surface area is 229 Å². The van der Waals surface area contributed by atoms with Crippen LogP contribution in [0.3, 0.4) is 0 Å². The van der Waals surface area contributed by atoms with Crippen LogP contribution in [0.15, 0.2) is 72.9 Å². The van der Waals surface area contributed by atoms with Gasteiger partial charge in [0.15, 0.2) is 11.5 Å². The van der Waals surface area contributed by atoms with Crippen molar-refractivity contribution in [1.29, 1.82) is 0 Å². The SMILES string of the molecule is CN(C)[C@@H]1CCN(Cc2nnc3c4cc(-c5ccccc5)c(-c5ccc(C6(N)CCC6)cc5)nc4ccn23)C1. The van der Waals surface area contributed by atoms with Gasteiger partial charge < -0.3 is 10.6 Å². The summed E-state index contributed by atoms with van der Waals surface area (Å²) in [5, 5.41) is 10.3. The number of benzene rings is 2. The summed E-state index contributed by atoms with van der Waals surface area (Å²) in [5.74, 6) is 0.971. The molecule has 1 aliphatic heterocycles. The molecule has 1 aliphatic carbocycles. The summed E-state index contributed by atoms with van der Waals surface area (Å²) in [4.78, 5) is 10.0. The molecule has 1 saturated heterocycles. The maximum atomic E-state index is 6.60. The van der Waals surface area contributed by atoms with E-state index in [0.29, 0.717) is 6.04 Å². The molecule has 39 heavy (non-hydrogen) atoms. The van der Waals surface area contributed by atoms with E-state index in [2.05, 4.69) is 105 Å². The van der Waals surface area contributed by atoms with Crippen LogP contribution < -0.4 is 5.73 Å². The Balaban J connectivity index is 1.30. The first-order valence-corrected chi connectivity index (χ1v) is 14.0. The van der Waals surface area contributed by atoms with Crippen LogP contribution in [-0.4, -0.2) is 62.6 Å². The van der Waals surface area contributed by atoms with Crippen LogP contribution in [0.25, 0.3) is 38.9 Å². The van der Waals surface area contributed by atoms with E-state index in [4.69, 9.17) is 10.7 Å². The van der Waals surface area contributed by atoms with E-state index >= 15 is 0 Å². The van der Waals surface area contributed by atoms with Gasteiger partial charge in [-0.25, -0.2) is 4.98 Å². The number of hydrogen-bond donors (Lipinski definition) is 1. The Morgan fingerprint density at radius 2 is 1.77 bits per heavy atom. The van der Waals surface area contributed by atoms with Crippen molar-refractivity contribution in [3.8, 4) is 22.4 Å². The van der Waals surface area contributed by atoms with E-state index in [1.807, 2.05) is 6.07 Å². The van der Waals surface area contributed by atoms with E-state index in [-0.39, 0.29) is 5.54 Å². The van der Waals surface area contributed by atoms with E-state index in [0.717, 1.165) is 77.2 Å². The number of aromatic nitrogens is 4. The second-order valence-electron chi connectivity index (χ2n) is 11.5. The average molecular weight is 518 g/mol. The van der Waals surface area contributed by atoms with Crippen molar-refractivity contribution in [2.45, 2.75) is 43.8 Å². The van der Waals surface area contributed by atoms with Gasteiger partial charge in [0.2, 0.25) is 0 Å². The van der Waals surface area contributed by atoms with E-state index in [9.17, 15) is 0 Å². The van der Waals surface area contributed by atoms with E-state index in [1.165, 1.54) is 18.4 Å². The van der Waals surface area contributed by atoms with Gasteiger partial charge in [0.1, 0.15) is 0 Å². The van der Waals surface area contributed by atoms with Crippen LogP contribution in [0.2, 0.25) is 0 Å². The first kappa shape index (κ1) is 24.4. The molecule has 2 aromatic carbocycles. The smallest absolute Gasteiger partial charge is 0.170 e. The van der Waals surface area contributed by atoms with Gasteiger partial charge in [-0.05, 0) is 63.0 Å². The van der Waals surface area contributed by atoms with Crippen molar-refractivity contribution in [3.05, 3.63) is 84.3 Å². The third kappa shape index (κ3) is 4.31. The summed E-state index contributed by atoms with van der Waals surface area (Å²) in [6.07, 6.45) is 6.58. The number of likely N-dealkylation sites (N-methyl/N-ethyl adjacent to an activating group) is 1. The number of fused-ring (bicyclic) bond motifs is 3. The first-order chi connectivity index (χ1) is 19.0. The van der Waals surface area contributed by atoms with Gasteiger partial charge in [-0.1, -0.05) is 54.6 Å². The van der Waals surface area contributed by atoms with Crippen LogP contribution >= 0.6 is 0 Å². The third-order valence-corrected chi connectivity index (χ3v) is 8.85. The molecule has 0 bridgehead atoms. The summed E-state index contributed by atoms with van der Waals surface area (Å²) < 4.78 is 2.13. The van der Waals surface area contributed by atoms with Crippen molar-refractivity contribution in [2.24, 2.45) is 5.73 Å². The highest BCUT2D eigenvalue weighted by molar-refractivity contribution is 5.98. The van der Waals surface area contributed by atoms with Gasteiger partial charge in [0.25, 0.3) is 0 Å². The molecule has 1 saturated carbocycles. The Hall–Kier alpha value is -3.65. The fourth-order valence-corrected chi connectivity index (χ4v) is 6.19. The quantitative estimate of drug-likeness (QED) is 0.338. The summed E-state index contributed by atoms with van der Waals surface area (Å²) in [7, 11) is 4.32.